The predicted octanol–water partition coefficient (Wildman–Crippen LogP) is 3.51. The fourth-order valence-corrected chi connectivity index (χ4v) is 3.28. The van der Waals surface area contributed by atoms with E-state index < -0.39 is 0 Å². The van der Waals surface area contributed by atoms with Crippen LogP contribution in [0.15, 0.2) is 29.0 Å². The first-order valence-corrected chi connectivity index (χ1v) is 8.52. The molecular weight excluding hydrogens is 302 g/mol. The minimum Gasteiger partial charge on any atom is -0.370 e. The molecule has 0 aromatic carbocycles. The van der Waals surface area contributed by atoms with Gasteiger partial charge < -0.3 is 5.32 Å². The van der Waals surface area contributed by atoms with Gasteiger partial charge in [0, 0.05) is 18.9 Å². The molecule has 3 aromatic heterocycles. The van der Waals surface area contributed by atoms with Crippen molar-refractivity contribution >= 4 is 39.1 Å². The Balaban J connectivity index is 1.81. The number of thiophene rings is 1. The average molecular weight is 317 g/mol. The molecule has 3 rings (SSSR count). The lowest BCUT2D eigenvalue weighted by Gasteiger charge is -2.06. The third-order valence-corrected chi connectivity index (χ3v) is 4.48. The van der Waals surface area contributed by atoms with Crippen LogP contribution in [0.1, 0.15) is 18.3 Å². The summed E-state index contributed by atoms with van der Waals surface area (Å²) >= 11 is 3.18. The van der Waals surface area contributed by atoms with Crippen LogP contribution >= 0.6 is 23.1 Å². The maximum atomic E-state index is 4.60. The number of anilines is 1. The molecular formula is C14H15N5S2. The van der Waals surface area contributed by atoms with Crippen molar-refractivity contribution in [2.75, 3.05) is 11.9 Å². The molecule has 3 heterocycles. The van der Waals surface area contributed by atoms with Gasteiger partial charge in [-0.15, -0.1) is 11.3 Å². The first-order valence-electron chi connectivity index (χ1n) is 6.65. The molecule has 7 heteroatoms. The Bertz CT molecular complexity index is 739. The minimum atomic E-state index is 0.662. The molecule has 0 unspecified atom stereocenters. The SMILES string of the molecule is CCNc1nc(CSc2ncc(C)cn2)nc2sccc12. The third-order valence-electron chi connectivity index (χ3n) is 2.80. The summed E-state index contributed by atoms with van der Waals surface area (Å²) in [5, 5.41) is 7.18. The summed E-state index contributed by atoms with van der Waals surface area (Å²) in [5.74, 6) is 2.37. The number of hydrogen-bond donors (Lipinski definition) is 1. The van der Waals surface area contributed by atoms with Crippen molar-refractivity contribution in [3.05, 3.63) is 35.2 Å². The average Bonchev–Trinajstić information content (AvgIpc) is 2.96. The Morgan fingerprint density at radius 3 is 2.81 bits per heavy atom. The molecule has 0 aliphatic heterocycles. The zero-order valence-corrected chi connectivity index (χ0v) is 13.5. The first-order chi connectivity index (χ1) is 10.3. The fraction of sp³-hybridized carbons (Fsp3) is 0.286. The quantitative estimate of drug-likeness (QED) is 0.574. The Hall–Kier alpha value is -1.73. The van der Waals surface area contributed by atoms with E-state index in [1.165, 1.54) is 0 Å². The van der Waals surface area contributed by atoms with Crippen LogP contribution in [-0.4, -0.2) is 26.5 Å². The Morgan fingerprint density at radius 1 is 1.24 bits per heavy atom. The summed E-state index contributed by atoms with van der Waals surface area (Å²) in [6.07, 6.45) is 3.64. The van der Waals surface area contributed by atoms with Crippen LogP contribution in [0.4, 0.5) is 5.82 Å². The highest BCUT2D eigenvalue weighted by atomic mass is 32.2. The topological polar surface area (TPSA) is 63.6 Å². The normalized spacial score (nSPS) is 11.0. The molecule has 21 heavy (non-hydrogen) atoms. The van der Waals surface area contributed by atoms with Crippen LogP contribution in [0.2, 0.25) is 0 Å². The van der Waals surface area contributed by atoms with Crippen molar-refractivity contribution in [2.24, 2.45) is 0 Å². The van der Waals surface area contributed by atoms with Gasteiger partial charge in [-0.25, -0.2) is 19.9 Å². The van der Waals surface area contributed by atoms with Gasteiger partial charge in [0.05, 0.1) is 11.1 Å². The van der Waals surface area contributed by atoms with Crippen LogP contribution in [0.25, 0.3) is 10.2 Å². The molecule has 108 valence electrons. The number of nitrogens with zero attached hydrogens (tertiary/aromatic N) is 4. The van der Waals surface area contributed by atoms with Gasteiger partial charge in [0.25, 0.3) is 0 Å². The number of nitrogens with one attached hydrogen (secondary N) is 1. The monoisotopic (exact) mass is 317 g/mol. The number of thioether (sulfide) groups is 1. The minimum absolute atomic E-state index is 0.662. The van der Waals surface area contributed by atoms with Gasteiger partial charge in [-0.05, 0) is 30.9 Å². The highest BCUT2D eigenvalue weighted by Crippen LogP contribution is 2.26. The second kappa shape index (κ2) is 6.36. The van der Waals surface area contributed by atoms with Crippen LogP contribution in [0, 0.1) is 6.92 Å². The molecule has 0 spiro atoms. The molecule has 0 bridgehead atoms. The van der Waals surface area contributed by atoms with Crippen LogP contribution in [0.5, 0.6) is 0 Å². The van der Waals surface area contributed by atoms with Crippen molar-refractivity contribution in [1.82, 2.24) is 19.9 Å². The van der Waals surface area contributed by atoms with E-state index in [2.05, 4.69) is 38.2 Å². The van der Waals surface area contributed by atoms with E-state index in [1.807, 2.05) is 24.7 Å². The van der Waals surface area contributed by atoms with Gasteiger partial charge in [-0.1, -0.05) is 11.8 Å². The fourth-order valence-electron chi connectivity index (χ4n) is 1.85. The number of aryl methyl sites for hydroxylation is 1. The van der Waals surface area contributed by atoms with Gasteiger partial charge in [-0.2, -0.15) is 0 Å². The zero-order chi connectivity index (χ0) is 14.7. The second-order valence-corrected chi connectivity index (χ2v) is 6.33. The summed E-state index contributed by atoms with van der Waals surface area (Å²) < 4.78 is 0. The van der Waals surface area contributed by atoms with Crippen LogP contribution in [0.3, 0.4) is 0 Å². The predicted molar refractivity (Wildman–Crippen MR) is 87.9 cm³/mol. The lowest BCUT2D eigenvalue weighted by Crippen LogP contribution is -2.03. The maximum absolute atomic E-state index is 4.60. The Morgan fingerprint density at radius 2 is 2.05 bits per heavy atom. The van der Waals surface area contributed by atoms with Gasteiger partial charge >= 0.3 is 0 Å². The van der Waals surface area contributed by atoms with E-state index >= 15 is 0 Å². The van der Waals surface area contributed by atoms with E-state index in [0.717, 1.165) is 39.1 Å². The summed E-state index contributed by atoms with van der Waals surface area (Å²) in [7, 11) is 0. The van der Waals surface area contributed by atoms with E-state index in [0.29, 0.717) is 5.75 Å². The molecule has 0 aliphatic rings. The van der Waals surface area contributed by atoms with Crippen molar-refractivity contribution in [3.63, 3.8) is 0 Å². The highest BCUT2D eigenvalue weighted by Gasteiger charge is 2.09. The molecule has 1 N–H and O–H groups in total. The highest BCUT2D eigenvalue weighted by molar-refractivity contribution is 7.98. The van der Waals surface area contributed by atoms with Gasteiger partial charge in [0.15, 0.2) is 5.16 Å². The molecule has 0 radical (unpaired) electrons. The largest absolute Gasteiger partial charge is 0.370 e. The Labute approximate surface area is 131 Å². The van der Waals surface area contributed by atoms with Crippen LogP contribution < -0.4 is 5.32 Å². The van der Waals surface area contributed by atoms with E-state index in [9.17, 15) is 0 Å². The van der Waals surface area contributed by atoms with E-state index in [-0.39, 0.29) is 0 Å². The smallest absolute Gasteiger partial charge is 0.187 e. The summed E-state index contributed by atoms with van der Waals surface area (Å²) in [5.41, 5.74) is 1.06. The number of aromatic nitrogens is 4. The zero-order valence-electron chi connectivity index (χ0n) is 11.8. The number of fused-ring (bicyclic) bond motifs is 1. The second-order valence-electron chi connectivity index (χ2n) is 4.49. The van der Waals surface area contributed by atoms with E-state index in [1.54, 1.807) is 23.1 Å². The van der Waals surface area contributed by atoms with Crippen LogP contribution in [-0.2, 0) is 5.75 Å². The van der Waals surface area contributed by atoms with Crippen molar-refractivity contribution in [2.45, 2.75) is 24.8 Å². The van der Waals surface area contributed by atoms with Gasteiger partial charge in [0.1, 0.15) is 16.5 Å². The Kier molecular flexibility index (Phi) is 4.31. The summed E-state index contributed by atoms with van der Waals surface area (Å²) in [4.78, 5) is 18.8. The van der Waals surface area contributed by atoms with Crippen molar-refractivity contribution in [1.29, 1.82) is 0 Å². The third kappa shape index (κ3) is 3.30. The molecule has 3 aromatic rings. The van der Waals surface area contributed by atoms with Crippen molar-refractivity contribution in [3.8, 4) is 0 Å². The molecule has 0 amide bonds. The molecule has 0 fully saturated rings. The molecule has 0 atom stereocenters. The first kappa shape index (κ1) is 14.2. The molecule has 5 nitrogen and oxygen atoms in total. The number of hydrogen-bond acceptors (Lipinski definition) is 7. The van der Waals surface area contributed by atoms with Gasteiger partial charge in [0.2, 0.25) is 0 Å². The molecule has 0 saturated carbocycles. The molecule has 0 saturated heterocycles. The van der Waals surface area contributed by atoms with Crippen molar-refractivity contribution < 1.29 is 0 Å². The van der Waals surface area contributed by atoms with Gasteiger partial charge in [-0.3, -0.25) is 0 Å². The maximum Gasteiger partial charge on any atom is 0.187 e. The lowest BCUT2D eigenvalue weighted by atomic mass is 10.3. The lowest BCUT2D eigenvalue weighted by molar-refractivity contribution is 0.945. The molecule has 0 aliphatic carbocycles. The standard InChI is InChI=1S/C14H15N5S2/c1-3-15-12-10-4-5-20-13(10)19-11(18-12)8-21-14-16-6-9(2)7-17-14/h4-7H,3,8H2,1-2H3,(H,15,18,19). The number of rotatable bonds is 5. The van der Waals surface area contributed by atoms with E-state index in [4.69, 9.17) is 0 Å². The summed E-state index contributed by atoms with van der Waals surface area (Å²) in [6, 6.07) is 2.05. The summed E-state index contributed by atoms with van der Waals surface area (Å²) in [6.45, 7) is 4.88.